The van der Waals surface area contributed by atoms with Crippen molar-refractivity contribution in [3.05, 3.63) is 34.9 Å². The van der Waals surface area contributed by atoms with Crippen molar-refractivity contribution in [3.8, 4) is 0 Å². The van der Waals surface area contributed by atoms with Crippen molar-refractivity contribution in [1.82, 2.24) is 4.90 Å². The SMILES string of the molecule is Cc1ccc(C)c(CN(C)CCCS)c1. The van der Waals surface area contributed by atoms with Crippen LogP contribution in [0.4, 0.5) is 0 Å². The lowest BCUT2D eigenvalue weighted by Crippen LogP contribution is -2.20. The molecule has 1 nitrogen and oxygen atoms in total. The summed E-state index contributed by atoms with van der Waals surface area (Å²) >= 11 is 4.23. The highest BCUT2D eigenvalue weighted by atomic mass is 32.1. The number of rotatable bonds is 5. The molecule has 1 rings (SSSR count). The van der Waals surface area contributed by atoms with Crippen LogP contribution in [0.1, 0.15) is 23.1 Å². The first kappa shape index (κ1) is 12.6. The second-order valence-corrected chi connectivity index (χ2v) is 4.69. The van der Waals surface area contributed by atoms with Crippen LogP contribution >= 0.6 is 12.6 Å². The first-order chi connectivity index (χ1) is 7.13. The quantitative estimate of drug-likeness (QED) is 0.751. The van der Waals surface area contributed by atoms with Crippen LogP contribution < -0.4 is 0 Å². The molecule has 0 radical (unpaired) electrons. The lowest BCUT2D eigenvalue weighted by atomic mass is 10.1. The molecule has 0 aliphatic heterocycles. The predicted molar refractivity (Wildman–Crippen MR) is 70.7 cm³/mol. The maximum absolute atomic E-state index is 4.23. The van der Waals surface area contributed by atoms with Crippen molar-refractivity contribution in [2.75, 3.05) is 19.3 Å². The van der Waals surface area contributed by atoms with Crippen LogP contribution in [-0.2, 0) is 6.54 Å². The van der Waals surface area contributed by atoms with E-state index in [-0.39, 0.29) is 0 Å². The highest BCUT2D eigenvalue weighted by molar-refractivity contribution is 7.80. The molecule has 0 aliphatic rings. The molecule has 0 unspecified atom stereocenters. The maximum Gasteiger partial charge on any atom is 0.0233 e. The van der Waals surface area contributed by atoms with Gasteiger partial charge in [-0.25, -0.2) is 0 Å². The van der Waals surface area contributed by atoms with E-state index in [0.29, 0.717) is 0 Å². The van der Waals surface area contributed by atoms with Crippen LogP contribution in [0, 0.1) is 13.8 Å². The van der Waals surface area contributed by atoms with Gasteiger partial charge in [0.15, 0.2) is 0 Å². The van der Waals surface area contributed by atoms with Gasteiger partial charge in [-0.2, -0.15) is 12.6 Å². The molecule has 15 heavy (non-hydrogen) atoms. The minimum atomic E-state index is 0.969. The summed E-state index contributed by atoms with van der Waals surface area (Å²) < 4.78 is 0. The summed E-state index contributed by atoms with van der Waals surface area (Å²) in [6.07, 6.45) is 1.16. The van der Waals surface area contributed by atoms with Gasteiger partial charge in [0.2, 0.25) is 0 Å². The topological polar surface area (TPSA) is 3.24 Å². The van der Waals surface area contributed by atoms with Crippen LogP contribution in [0.5, 0.6) is 0 Å². The lowest BCUT2D eigenvalue weighted by molar-refractivity contribution is 0.328. The Hall–Kier alpha value is -0.470. The molecular formula is C13H21NS. The van der Waals surface area contributed by atoms with E-state index in [1.807, 2.05) is 0 Å². The Morgan fingerprint density at radius 1 is 1.27 bits per heavy atom. The molecule has 1 aromatic rings. The van der Waals surface area contributed by atoms with Crippen LogP contribution in [0.25, 0.3) is 0 Å². The summed E-state index contributed by atoms with van der Waals surface area (Å²) in [6.45, 7) is 6.50. The summed E-state index contributed by atoms with van der Waals surface area (Å²) in [5, 5.41) is 0. The Kier molecular flexibility index (Phi) is 5.20. The summed E-state index contributed by atoms with van der Waals surface area (Å²) in [5.41, 5.74) is 4.17. The minimum Gasteiger partial charge on any atom is -0.302 e. The van der Waals surface area contributed by atoms with Gasteiger partial charge in [-0.15, -0.1) is 0 Å². The van der Waals surface area contributed by atoms with Crippen molar-refractivity contribution in [3.63, 3.8) is 0 Å². The van der Waals surface area contributed by atoms with Gasteiger partial charge in [0.1, 0.15) is 0 Å². The molecule has 84 valence electrons. The van der Waals surface area contributed by atoms with Crippen molar-refractivity contribution >= 4 is 12.6 Å². The van der Waals surface area contributed by atoms with E-state index in [4.69, 9.17) is 0 Å². The van der Waals surface area contributed by atoms with Gasteiger partial charge in [0.25, 0.3) is 0 Å². The molecule has 2 heteroatoms. The summed E-state index contributed by atoms with van der Waals surface area (Å²) in [4.78, 5) is 2.36. The molecule has 0 N–H and O–H groups in total. The van der Waals surface area contributed by atoms with Gasteiger partial charge < -0.3 is 4.90 Å². The third kappa shape index (κ3) is 4.27. The number of hydrogen-bond acceptors (Lipinski definition) is 2. The van der Waals surface area contributed by atoms with E-state index in [9.17, 15) is 0 Å². The molecule has 0 atom stereocenters. The molecule has 0 bridgehead atoms. The third-order valence-corrected chi connectivity index (χ3v) is 2.96. The fraction of sp³-hybridized carbons (Fsp3) is 0.538. The molecule has 0 saturated heterocycles. The van der Waals surface area contributed by atoms with Crippen molar-refractivity contribution in [2.24, 2.45) is 0 Å². The number of benzene rings is 1. The van der Waals surface area contributed by atoms with E-state index in [2.05, 4.69) is 56.6 Å². The normalized spacial score (nSPS) is 11.0. The van der Waals surface area contributed by atoms with Crippen LogP contribution in [0.15, 0.2) is 18.2 Å². The second kappa shape index (κ2) is 6.19. The van der Waals surface area contributed by atoms with Gasteiger partial charge in [-0.3, -0.25) is 0 Å². The Morgan fingerprint density at radius 2 is 2.00 bits per heavy atom. The molecule has 0 spiro atoms. The molecule has 0 fully saturated rings. The fourth-order valence-electron chi connectivity index (χ4n) is 1.68. The molecule has 1 aromatic carbocycles. The van der Waals surface area contributed by atoms with E-state index in [1.165, 1.54) is 16.7 Å². The lowest BCUT2D eigenvalue weighted by Gasteiger charge is -2.17. The van der Waals surface area contributed by atoms with E-state index in [0.717, 1.165) is 25.3 Å². The third-order valence-electron chi connectivity index (χ3n) is 2.64. The summed E-state index contributed by atoms with van der Waals surface area (Å²) in [6, 6.07) is 6.66. The fourth-order valence-corrected chi connectivity index (χ4v) is 1.82. The number of thiol groups is 1. The molecular weight excluding hydrogens is 202 g/mol. The largest absolute Gasteiger partial charge is 0.302 e. The van der Waals surface area contributed by atoms with Crippen LogP contribution in [0.2, 0.25) is 0 Å². The average Bonchev–Trinajstić information content (AvgIpc) is 2.20. The van der Waals surface area contributed by atoms with E-state index in [1.54, 1.807) is 0 Å². The highest BCUT2D eigenvalue weighted by Gasteiger charge is 2.02. The zero-order chi connectivity index (χ0) is 11.3. The first-order valence-corrected chi connectivity index (χ1v) is 6.12. The number of nitrogens with zero attached hydrogens (tertiary/aromatic N) is 1. The van der Waals surface area contributed by atoms with Crippen molar-refractivity contribution in [1.29, 1.82) is 0 Å². The van der Waals surface area contributed by atoms with Gasteiger partial charge in [-0.05, 0) is 50.7 Å². The highest BCUT2D eigenvalue weighted by Crippen LogP contribution is 2.12. The Labute approximate surface area is 98.9 Å². The molecule has 0 heterocycles. The van der Waals surface area contributed by atoms with Crippen LogP contribution in [0.3, 0.4) is 0 Å². The second-order valence-electron chi connectivity index (χ2n) is 4.24. The maximum atomic E-state index is 4.23. The molecule has 0 aliphatic carbocycles. The summed E-state index contributed by atoms with van der Waals surface area (Å²) in [7, 11) is 2.17. The monoisotopic (exact) mass is 223 g/mol. The smallest absolute Gasteiger partial charge is 0.0233 e. The standard InChI is InChI=1S/C13H21NS/c1-11-5-6-12(2)13(9-11)10-14(3)7-4-8-15/h5-6,9,15H,4,7-8,10H2,1-3H3. The zero-order valence-corrected chi connectivity index (χ0v) is 10.8. The van der Waals surface area contributed by atoms with Gasteiger partial charge in [0, 0.05) is 6.54 Å². The summed E-state index contributed by atoms with van der Waals surface area (Å²) in [5.74, 6) is 0.969. The molecule has 0 aromatic heterocycles. The molecule has 0 amide bonds. The Balaban J connectivity index is 2.59. The first-order valence-electron chi connectivity index (χ1n) is 5.49. The predicted octanol–water partition coefficient (Wildman–Crippen LogP) is 3.06. The number of aryl methyl sites for hydroxylation is 2. The Morgan fingerprint density at radius 3 is 2.67 bits per heavy atom. The van der Waals surface area contributed by atoms with E-state index < -0.39 is 0 Å². The van der Waals surface area contributed by atoms with Gasteiger partial charge >= 0.3 is 0 Å². The number of hydrogen-bond donors (Lipinski definition) is 1. The average molecular weight is 223 g/mol. The zero-order valence-electron chi connectivity index (χ0n) is 9.95. The van der Waals surface area contributed by atoms with Crippen molar-refractivity contribution in [2.45, 2.75) is 26.8 Å². The van der Waals surface area contributed by atoms with Gasteiger partial charge in [-0.1, -0.05) is 23.8 Å². The van der Waals surface area contributed by atoms with Crippen LogP contribution in [-0.4, -0.2) is 24.2 Å². The minimum absolute atomic E-state index is 0.969. The Bertz CT molecular complexity index is 309. The van der Waals surface area contributed by atoms with E-state index >= 15 is 0 Å². The van der Waals surface area contributed by atoms with Gasteiger partial charge in [0.05, 0.1) is 0 Å². The van der Waals surface area contributed by atoms with Crippen molar-refractivity contribution < 1.29 is 0 Å². The molecule has 0 saturated carbocycles.